The van der Waals surface area contributed by atoms with Crippen LogP contribution in [0.15, 0.2) is 22.7 Å². The first kappa shape index (κ1) is 9.07. The lowest BCUT2D eigenvalue weighted by Gasteiger charge is -2.32. The van der Waals surface area contributed by atoms with Crippen molar-refractivity contribution in [3.05, 3.63) is 28.2 Å². The molecule has 1 aromatic rings. The van der Waals surface area contributed by atoms with Crippen LogP contribution in [0.25, 0.3) is 0 Å². The summed E-state index contributed by atoms with van der Waals surface area (Å²) >= 11 is 3.50. The van der Waals surface area contributed by atoms with Crippen LogP contribution in [-0.2, 0) is 6.42 Å². The average molecular weight is 240 g/mol. The van der Waals surface area contributed by atoms with Crippen molar-refractivity contribution in [3.8, 4) is 0 Å². The lowest BCUT2D eigenvalue weighted by Crippen LogP contribution is -2.30. The number of anilines is 1. The minimum Gasteiger partial charge on any atom is -0.384 e. The van der Waals surface area contributed by atoms with Gasteiger partial charge >= 0.3 is 0 Å². The Morgan fingerprint density at radius 1 is 1.38 bits per heavy atom. The van der Waals surface area contributed by atoms with E-state index in [1.54, 1.807) is 0 Å². The van der Waals surface area contributed by atoms with E-state index >= 15 is 0 Å². The second kappa shape index (κ2) is 3.02. The van der Waals surface area contributed by atoms with Gasteiger partial charge in [0.15, 0.2) is 0 Å². The fourth-order valence-corrected chi connectivity index (χ4v) is 2.20. The molecule has 0 saturated carbocycles. The number of rotatable bonds is 0. The van der Waals surface area contributed by atoms with Gasteiger partial charge in [-0.25, -0.2) is 0 Å². The highest BCUT2D eigenvalue weighted by atomic mass is 79.9. The number of fused-ring (bicyclic) bond motifs is 1. The first-order valence-electron chi connectivity index (χ1n) is 4.59. The van der Waals surface area contributed by atoms with Crippen LogP contribution < -0.4 is 5.32 Å². The van der Waals surface area contributed by atoms with E-state index in [9.17, 15) is 0 Å². The summed E-state index contributed by atoms with van der Waals surface area (Å²) in [5.74, 6) is 0. The van der Waals surface area contributed by atoms with Gasteiger partial charge in [0, 0.05) is 16.7 Å². The van der Waals surface area contributed by atoms with Crippen LogP contribution in [0.4, 0.5) is 5.69 Å². The summed E-state index contributed by atoms with van der Waals surface area (Å²) < 4.78 is 1.17. The lowest BCUT2D eigenvalue weighted by atomic mass is 9.82. The zero-order valence-corrected chi connectivity index (χ0v) is 9.61. The molecule has 0 aliphatic carbocycles. The van der Waals surface area contributed by atoms with Gasteiger partial charge in [-0.2, -0.15) is 0 Å². The van der Waals surface area contributed by atoms with Crippen molar-refractivity contribution in [2.75, 3.05) is 11.9 Å². The maximum atomic E-state index is 3.50. The second-order valence-corrected chi connectivity index (χ2v) is 5.41. The summed E-state index contributed by atoms with van der Waals surface area (Å²) in [5, 5.41) is 3.46. The van der Waals surface area contributed by atoms with Gasteiger partial charge in [0.2, 0.25) is 0 Å². The third-order valence-electron chi connectivity index (χ3n) is 2.49. The Labute approximate surface area is 87.7 Å². The van der Waals surface area contributed by atoms with Gasteiger partial charge in [-0.05, 0) is 35.6 Å². The third kappa shape index (κ3) is 1.88. The Balaban J connectivity index is 2.38. The van der Waals surface area contributed by atoms with E-state index in [4.69, 9.17) is 0 Å². The number of halogens is 1. The van der Waals surface area contributed by atoms with E-state index < -0.39 is 0 Å². The van der Waals surface area contributed by atoms with E-state index in [0.29, 0.717) is 5.41 Å². The van der Waals surface area contributed by atoms with Crippen LogP contribution in [0.2, 0.25) is 0 Å². The van der Waals surface area contributed by atoms with Crippen LogP contribution in [0.1, 0.15) is 19.4 Å². The van der Waals surface area contributed by atoms with Gasteiger partial charge in [-0.15, -0.1) is 0 Å². The van der Waals surface area contributed by atoms with Crippen LogP contribution in [0, 0.1) is 5.41 Å². The number of hydrogen-bond donors (Lipinski definition) is 1. The summed E-state index contributed by atoms with van der Waals surface area (Å²) in [5.41, 5.74) is 3.10. The van der Waals surface area contributed by atoms with E-state index in [-0.39, 0.29) is 0 Å². The zero-order chi connectivity index (χ0) is 9.47. The Morgan fingerprint density at radius 2 is 2.15 bits per heavy atom. The molecule has 0 radical (unpaired) electrons. The summed E-state index contributed by atoms with van der Waals surface area (Å²) in [6.07, 6.45) is 1.16. The van der Waals surface area contributed by atoms with E-state index in [0.717, 1.165) is 13.0 Å². The first-order valence-corrected chi connectivity index (χ1v) is 5.38. The van der Waals surface area contributed by atoms with Crippen LogP contribution in [-0.4, -0.2) is 6.54 Å². The maximum absolute atomic E-state index is 3.50. The maximum Gasteiger partial charge on any atom is 0.0373 e. The van der Waals surface area contributed by atoms with E-state index in [1.165, 1.54) is 15.7 Å². The molecule has 0 aromatic heterocycles. The standard InChI is InChI=1S/C11H14BrN/c1-11(2)6-8-5-9(12)3-4-10(8)13-7-11/h3-5,13H,6-7H2,1-2H3. The highest BCUT2D eigenvalue weighted by Gasteiger charge is 2.24. The van der Waals surface area contributed by atoms with Crippen molar-refractivity contribution in [1.29, 1.82) is 0 Å². The predicted molar refractivity (Wildman–Crippen MR) is 60.1 cm³/mol. The molecule has 1 nitrogen and oxygen atoms in total. The van der Waals surface area contributed by atoms with Gasteiger partial charge in [0.25, 0.3) is 0 Å². The first-order chi connectivity index (χ1) is 6.07. The Kier molecular flexibility index (Phi) is 2.11. The third-order valence-corrected chi connectivity index (χ3v) is 2.99. The number of nitrogens with one attached hydrogen (secondary N) is 1. The predicted octanol–water partition coefficient (Wildman–Crippen LogP) is 3.44. The molecule has 2 rings (SSSR count). The molecule has 1 aromatic carbocycles. The Morgan fingerprint density at radius 3 is 2.92 bits per heavy atom. The molecular weight excluding hydrogens is 226 g/mol. The van der Waals surface area contributed by atoms with Gasteiger partial charge < -0.3 is 5.32 Å². The van der Waals surface area contributed by atoms with Gasteiger partial charge in [0.05, 0.1) is 0 Å². The second-order valence-electron chi connectivity index (χ2n) is 4.50. The van der Waals surface area contributed by atoms with Crippen LogP contribution in [0.3, 0.4) is 0 Å². The number of benzene rings is 1. The van der Waals surface area contributed by atoms with E-state index in [2.05, 4.69) is 53.3 Å². The van der Waals surface area contributed by atoms with Crippen molar-refractivity contribution in [2.45, 2.75) is 20.3 Å². The summed E-state index contributed by atoms with van der Waals surface area (Å²) in [7, 11) is 0. The molecule has 0 bridgehead atoms. The molecule has 2 heteroatoms. The molecule has 1 aliphatic rings. The molecular formula is C11H14BrN. The van der Waals surface area contributed by atoms with Gasteiger partial charge in [-0.3, -0.25) is 0 Å². The fourth-order valence-electron chi connectivity index (χ4n) is 1.79. The average Bonchev–Trinajstić information content (AvgIpc) is 2.01. The summed E-state index contributed by atoms with van der Waals surface area (Å²) in [4.78, 5) is 0. The minimum absolute atomic E-state index is 0.383. The minimum atomic E-state index is 0.383. The molecule has 1 heterocycles. The monoisotopic (exact) mass is 239 g/mol. The molecule has 70 valence electrons. The van der Waals surface area contributed by atoms with Gasteiger partial charge in [-0.1, -0.05) is 29.8 Å². The molecule has 0 amide bonds. The lowest BCUT2D eigenvalue weighted by molar-refractivity contribution is 0.379. The molecule has 1 N–H and O–H groups in total. The quantitative estimate of drug-likeness (QED) is 0.732. The molecule has 0 atom stereocenters. The Hall–Kier alpha value is -0.500. The largest absolute Gasteiger partial charge is 0.384 e. The topological polar surface area (TPSA) is 12.0 Å². The smallest absolute Gasteiger partial charge is 0.0373 e. The van der Waals surface area contributed by atoms with Crippen molar-refractivity contribution < 1.29 is 0 Å². The zero-order valence-electron chi connectivity index (χ0n) is 8.02. The SMILES string of the molecule is CC1(C)CNc2ccc(Br)cc2C1. The molecule has 0 saturated heterocycles. The Bertz CT molecular complexity index is 331. The molecule has 13 heavy (non-hydrogen) atoms. The van der Waals surface area contributed by atoms with Crippen molar-refractivity contribution in [3.63, 3.8) is 0 Å². The molecule has 0 fully saturated rings. The number of hydrogen-bond acceptors (Lipinski definition) is 1. The fraction of sp³-hybridized carbons (Fsp3) is 0.455. The molecule has 1 aliphatic heterocycles. The molecule has 0 spiro atoms. The van der Waals surface area contributed by atoms with Gasteiger partial charge in [0.1, 0.15) is 0 Å². The van der Waals surface area contributed by atoms with Crippen LogP contribution >= 0.6 is 15.9 Å². The normalized spacial score (nSPS) is 19.0. The summed E-state index contributed by atoms with van der Waals surface area (Å²) in [6.45, 7) is 5.66. The van der Waals surface area contributed by atoms with Crippen molar-refractivity contribution in [1.82, 2.24) is 0 Å². The highest BCUT2D eigenvalue weighted by molar-refractivity contribution is 9.10. The van der Waals surface area contributed by atoms with E-state index in [1.807, 2.05) is 0 Å². The highest BCUT2D eigenvalue weighted by Crippen LogP contribution is 2.33. The van der Waals surface area contributed by atoms with Crippen molar-refractivity contribution >= 4 is 21.6 Å². The van der Waals surface area contributed by atoms with Crippen LogP contribution in [0.5, 0.6) is 0 Å². The summed E-state index contributed by atoms with van der Waals surface area (Å²) in [6, 6.07) is 6.45. The van der Waals surface area contributed by atoms with Crippen molar-refractivity contribution in [2.24, 2.45) is 5.41 Å². The molecule has 0 unspecified atom stereocenters.